The second-order valence-corrected chi connectivity index (χ2v) is 24.1. The van der Waals surface area contributed by atoms with Crippen molar-refractivity contribution in [1.82, 2.24) is 0 Å². The van der Waals surface area contributed by atoms with Crippen molar-refractivity contribution in [1.29, 1.82) is 0 Å². The fourth-order valence-electron chi connectivity index (χ4n) is 10.0. The van der Waals surface area contributed by atoms with E-state index in [1.54, 1.807) is 0 Å². The molecule has 0 amide bonds. The Morgan fingerprint density at radius 1 is 0.390 bits per heavy atom. The van der Waals surface area contributed by atoms with Crippen LogP contribution >= 0.6 is 7.82 Å². The molecule has 0 aromatic heterocycles. The molecule has 10 heteroatoms. The van der Waals surface area contributed by atoms with Crippen molar-refractivity contribution in [3.05, 3.63) is 36.5 Å². The van der Waals surface area contributed by atoms with Crippen molar-refractivity contribution in [2.45, 2.75) is 354 Å². The molecule has 0 spiro atoms. The van der Waals surface area contributed by atoms with E-state index >= 15 is 0 Å². The van der Waals surface area contributed by atoms with Gasteiger partial charge in [-0.2, -0.15) is 0 Å². The van der Waals surface area contributed by atoms with Crippen LogP contribution in [0.1, 0.15) is 348 Å². The summed E-state index contributed by atoms with van der Waals surface area (Å²) in [4.78, 5) is 35.2. The molecule has 2 unspecified atom stereocenters. The van der Waals surface area contributed by atoms with Crippen LogP contribution in [-0.2, 0) is 32.7 Å². The molecule has 0 aromatic rings. The summed E-state index contributed by atoms with van der Waals surface area (Å²) in [5, 5.41) is 0. The summed E-state index contributed by atoms with van der Waals surface area (Å²) in [6, 6.07) is 0. The van der Waals surface area contributed by atoms with E-state index in [9.17, 15) is 19.0 Å². The SMILES string of the molecule is CCCCC/C=C\C/C=C\CCCCCCCCCC(=O)OC(COC(=O)CCCCCCCCCCCCCCCCCCCCCCCCCCCCC/C=C\CCCCCCCCCC)COP(=O)(O)OCCN. The molecule has 3 N–H and O–H groups in total. The third-order valence-electron chi connectivity index (χ3n) is 15.0. The minimum Gasteiger partial charge on any atom is -0.462 e. The molecule has 0 saturated heterocycles. The van der Waals surface area contributed by atoms with Gasteiger partial charge in [-0.3, -0.25) is 18.6 Å². The Hall–Kier alpha value is -1.77. The number of nitrogens with two attached hydrogens (primary N) is 1. The number of phosphoric ester groups is 1. The molecule has 9 nitrogen and oxygen atoms in total. The van der Waals surface area contributed by atoms with Gasteiger partial charge in [0.2, 0.25) is 0 Å². The number of ether oxygens (including phenoxy) is 2. The van der Waals surface area contributed by atoms with Crippen LogP contribution < -0.4 is 5.73 Å². The molecule has 0 saturated carbocycles. The van der Waals surface area contributed by atoms with E-state index in [2.05, 4.69) is 50.3 Å². The van der Waals surface area contributed by atoms with Crippen molar-refractivity contribution in [2.24, 2.45) is 5.73 Å². The van der Waals surface area contributed by atoms with Crippen molar-refractivity contribution in [3.8, 4) is 0 Å². The zero-order chi connectivity index (χ0) is 55.9. The van der Waals surface area contributed by atoms with Crippen LogP contribution in [0, 0.1) is 0 Å². The molecule has 454 valence electrons. The first-order valence-corrected chi connectivity index (χ1v) is 35.0. The quantitative estimate of drug-likeness (QED) is 0.0264. The van der Waals surface area contributed by atoms with Crippen molar-refractivity contribution >= 4 is 19.8 Å². The Balaban J connectivity index is 3.73. The molecule has 0 fully saturated rings. The summed E-state index contributed by atoms with van der Waals surface area (Å²) in [5.41, 5.74) is 5.39. The van der Waals surface area contributed by atoms with Gasteiger partial charge in [0.05, 0.1) is 13.2 Å². The summed E-state index contributed by atoms with van der Waals surface area (Å²) in [6.45, 7) is 3.76. The highest BCUT2D eigenvalue weighted by molar-refractivity contribution is 7.47. The standard InChI is InChI=1S/C67H128NO8P/c1-3-5-7-9-11-13-15-17-19-21-22-23-24-25-26-27-28-29-30-31-32-33-34-35-36-37-38-39-40-41-42-44-45-47-49-51-53-55-57-59-66(69)73-63-65(64-75-77(71,72)74-62-61-68)76-67(70)60-58-56-54-52-50-48-46-43-20-18-16-14-12-10-8-6-4-2/h12,14,18,20-22,65H,3-11,13,15-17,19,23-64,68H2,1-2H3,(H,71,72)/b14-12-,20-18-,22-21-. The fourth-order valence-corrected chi connectivity index (χ4v) is 10.8. The van der Waals surface area contributed by atoms with Crippen LogP contribution in [0.3, 0.4) is 0 Å². The van der Waals surface area contributed by atoms with Gasteiger partial charge in [-0.05, 0) is 70.6 Å². The number of phosphoric acid groups is 1. The summed E-state index contributed by atoms with van der Waals surface area (Å²) in [7, 11) is -4.39. The lowest BCUT2D eigenvalue weighted by Gasteiger charge is -2.19. The number of carbonyl (C=O) groups excluding carboxylic acids is 2. The predicted molar refractivity (Wildman–Crippen MR) is 330 cm³/mol. The van der Waals surface area contributed by atoms with Gasteiger partial charge in [-0.15, -0.1) is 0 Å². The Kier molecular flexibility index (Phi) is 62.0. The summed E-state index contributed by atoms with van der Waals surface area (Å²) in [5.74, 6) is -0.821. The number of rotatable bonds is 64. The van der Waals surface area contributed by atoms with Crippen LogP contribution in [0.5, 0.6) is 0 Å². The molecule has 0 aliphatic carbocycles. The molecule has 0 aliphatic heterocycles. The lowest BCUT2D eigenvalue weighted by molar-refractivity contribution is -0.161. The topological polar surface area (TPSA) is 134 Å². The molecule has 0 bridgehead atoms. The monoisotopic (exact) mass is 1110 g/mol. The van der Waals surface area contributed by atoms with Gasteiger partial charge < -0.3 is 20.1 Å². The second kappa shape index (κ2) is 63.4. The number of unbranched alkanes of at least 4 members (excludes halogenated alkanes) is 45. The van der Waals surface area contributed by atoms with E-state index in [0.29, 0.717) is 6.42 Å². The van der Waals surface area contributed by atoms with Crippen molar-refractivity contribution in [3.63, 3.8) is 0 Å². The van der Waals surface area contributed by atoms with Gasteiger partial charge in [0.25, 0.3) is 0 Å². The average molecular weight is 1110 g/mol. The number of allylic oxidation sites excluding steroid dienone is 6. The summed E-state index contributed by atoms with van der Waals surface area (Å²) < 4.78 is 33.1. The van der Waals surface area contributed by atoms with Gasteiger partial charge >= 0.3 is 19.8 Å². The van der Waals surface area contributed by atoms with Crippen molar-refractivity contribution in [2.75, 3.05) is 26.4 Å². The second-order valence-electron chi connectivity index (χ2n) is 22.7. The molecular weight excluding hydrogens is 978 g/mol. The summed E-state index contributed by atoms with van der Waals surface area (Å²) in [6.07, 6.45) is 78.3. The van der Waals surface area contributed by atoms with E-state index in [1.165, 1.54) is 263 Å². The van der Waals surface area contributed by atoms with E-state index in [4.69, 9.17) is 24.3 Å². The number of carbonyl (C=O) groups is 2. The van der Waals surface area contributed by atoms with Gasteiger partial charge in [0.1, 0.15) is 6.61 Å². The summed E-state index contributed by atoms with van der Waals surface area (Å²) >= 11 is 0. The smallest absolute Gasteiger partial charge is 0.462 e. The maximum Gasteiger partial charge on any atom is 0.472 e. The molecule has 0 rings (SSSR count). The Bertz CT molecular complexity index is 1350. The first kappa shape index (κ1) is 75.2. The van der Waals surface area contributed by atoms with Crippen LogP contribution in [0.4, 0.5) is 0 Å². The van der Waals surface area contributed by atoms with Gasteiger partial charge in [0, 0.05) is 19.4 Å². The first-order chi connectivity index (χ1) is 37.8. The number of hydrogen-bond donors (Lipinski definition) is 2. The van der Waals surface area contributed by atoms with E-state index in [1.807, 2.05) is 0 Å². The third-order valence-corrected chi connectivity index (χ3v) is 16.0. The van der Waals surface area contributed by atoms with E-state index in [0.717, 1.165) is 51.4 Å². The number of esters is 2. The maximum atomic E-state index is 12.7. The normalized spacial score (nSPS) is 13.1. The molecular formula is C67H128NO8P. The zero-order valence-electron chi connectivity index (χ0n) is 51.0. The Morgan fingerprint density at radius 3 is 1.03 bits per heavy atom. The minimum absolute atomic E-state index is 0.0534. The highest BCUT2D eigenvalue weighted by Gasteiger charge is 2.26. The van der Waals surface area contributed by atoms with Gasteiger partial charge in [-0.25, -0.2) is 4.57 Å². The van der Waals surface area contributed by atoms with E-state index in [-0.39, 0.29) is 38.6 Å². The minimum atomic E-state index is -4.39. The van der Waals surface area contributed by atoms with E-state index < -0.39 is 26.5 Å². The first-order valence-electron chi connectivity index (χ1n) is 33.5. The number of hydrogen-bond acceptors (Lipinski definition) is 8. The highest BCUT2D eigenvalue weighted by Crippen LogP contribution is 2.43. The van der Waals surface area contributed by atoms with Gasteiger partial charge in [0.15, 0.2) is 6.10 Å². The zero-order valence-corrected chi connectivity index (χ0v) is 51.9. The molecule has 2 atom stereocenters. The molecule has 0 radical (unpaired) electrons. The van der Waals surface area contributed by atoms with Crippen LogP contribution in [0.15, 0.2) is 36.5 Å². The predicted octanol–water partition coefficient (Wildman–Crippen LogP) is 21.5. The van der Waals surface area contributed by atoms with Crippen LogP contribution in [0.2, 0.25) is 0 Å². The van der Waals surface area contributed by atoms with Crippen LogP contribution in [-0.4, -0.2) is 49.3 Å². The lowest BCUT2D eigenvalue weighted by Crippen LogP contribution is -2.29. The molecule has 0 heterocycles. The maximum absolute atomic E-state index is 12.7. The lowest BCUT2D eigenvalue weighted by atomic mass is 10.0. The van der Waals surface area contributed by atoms with Gasteiger partial charge in [-0.1, -0.05) is 301 Å². The Morgan fingerprint density at radius 2 is 0.675 bits per heavy atom. The highest BCUT2D eigenvalue weighted by atomic mass is 31.2. The average Bonchev–Trinajstić information content (AvgIpc) is 3.42. The fraction of sp³-hybridized carbons (Fsp3) is 0.881. The largest absolute Gasteiger partial charge is 0.472 e. The third kappa shape index (κ3) is 63.3. The van der Waals surface area contributed by atoms with Crippen molar-refractivity contribution < 1.29 is 37.6 Å². The molecule has 0 aliphatic rings. The Labute approximate surface area is 477 Å². The molecule has 0 aromatic carbocycles. The molecule has 77 heavy (non-hydrogen) atoms. The van der Waals surface area contributed by atoms with Crippen LogP contribution in [0.25, 0.3) is 0 Å².